The summed E-state index contributed by atoms with van der Waals surface area (Å²) in [6.45, 7) is 5.45. The molecule has 1 saturated heterocycles. The summed E-state index contributed by atoms with van der Waals surface area (Å²) in [5.41, 5.74) is 4.99. The van der Waals surface area contributed by atoms with Gasteiger partial charge in [-0.05, 0) is 30.7 Å². The SMILES string of the molecule is CNc1ncnc(N2CCN(c3ccn4cc(-c5cc(Cl)c(OC)cc5C)nc4c3)CC2)n1. The number of pyridine rings is 1. The Labute approximate surface area is 197 Å². The molecule has 10 heteroatoms. The second-order valence-corrected chi connectivity index (χ2v) is 8.32. The summed E-state index contributed by atoms with van der Waals surface area (Å²) in [7, 11) is 3.43. The number of nitrogens with zero attached hydrogens (tertiary/aromatic N) is 7. The first-order valence-corrected chi connectivity index (χ1v) is 11.1. The van der Waals surface area contributed by atoms with Crippen molar-refractivity contribution >= 4 is 34.8 Å². The second kappa shape index (κ2) is 8.74. The van der Waals surface area contributed by atoms with Crippen molar-refractivity contribution in [3.05, 3.63) is 53.6 Å². The first-order chi connectivity index (χ1) is 16.1. The molecular weight excluding hydrogens is 440 g/mol. The molecule has 0 saturated carbocycles. The number of hydrogen-bond acceptors (Lipinski definition) is 8. The van der Waals surface area contributed by atoms with Crippen LogP contribution in [-0.4, -0.2) is 64.7 Å². The lowest BCUT2D eigenvalue weighted by atomic mass is 10.1. The number of aryl methyl sites for hydroxylation is 1. The molecule has 0 atom stereocenters. The van der Waals surface area contributed by atoms with E-state index in [9.17, 15) is 0 Å². The fourth-order valence-electron chi connectivity index (χ4n) is 4.11. The standard InChI is InChI=1S/C23H25ClN8O/c1-15-10-20(33-3)18(24)12-17(15)19-13-32-5-4-16(11-21(32)28-19)30-6-8-31(9-7-30)23-27-14-26-22(25-2)29-23/h4-5,10-14H,6-9H2,1-3H3,(H,25,26,27,29). The minimum Gasteiger partial charge on any atom is -0.495 e. The van der Waals surface area contributed by atoms with Gasteiger partial charge in [-0.1, -0.05) is 11.6 Å². The zero-order valence-corrected chi connectivity index (χ0v) is 19.5. The Morgan fingerprint density at radius 3 is 2.58 bits per heavy atom. The Morgan fingerprint density at radius 2 is 1.82 bits per heavy atom. The van der Waals surface area contributed by atoms with Gasteiger partial charge in [-0.25, -0.2) is 15.0 Å². The van der Waals surface area contributed by atoms with Gasteiger partial charge in [0, 0.05) is 62.9 Å². The molecule has 33 heavy (non-hydrogen) atoms. The number of nitrogens with one attached hydrogen (secondary N) is 1. The van der Waals surface area contributed by atoms with E-state index in [-0.39, 0.29) is 0 Å². The van der Waals surface area contributed by atoms with E-state index in [1.807, 2.05) is 29.7 Å². The first-order valence-electron chi connectivity index (χ1n) is 10.8. The van der Waals surface area contributed by atoms with E-state index in [1.165, 1.54) is 0 Å². The van der Waals surface area contributed by atoms with Crippen LogP contribution < -0.4 is 19.9 Å². The number of benzene rings is 1. The summed E-state index contributed by atoms with van der Waals surface area (Å²) < 4.78 is 7.36. The maximum atomic E-state index is 6.36. The summed E-state index contributed by atoms with van der Waals surface area (Å²) in [6.07, 6.45) is 5.63. The van der Waals surface area contributed by atoms with Crippen LogP contribution in [0.3, 0.4) is 0 Å². The summed E-state index contributed by atoms with van der Waals surface area (Å²) in [4.78, 5) is 22.3. The van der Waals surface area contributed by atoms with Crippen molar-refractivity contribution in [1.82, 2.24) is 24.3 Å². The molecule has 0 radical (unpaired) electrons. The highest BCUT2D eigenvalue weighted by Gasteiger charge is 2.20. The normalized spacial score (nSPS) is 14.1. The summed E-state index contributed by atoms with van der Waals surface area (Å²) >= 11 is 6.36. The molecule has 170 valence electrons. The van der Waals surface area contributed by atoms with Gasteiger partial charge in [0.15, 0.2) is 0 Å². The molecule has 4 heterocycles. The number of halogens is 1. The van der Waals surface area contributed by atoms with Gasteiger partial charge in [0.25, 0.3) is 0 Å². The number of hydrogen-bond donors (Lipinski definition) is 1. The van der Waals surface area contributed by atoms with Gasteiger partial charge in [0.2, 0.25) is 11.9 Å². The second-order valence-electron chi connectivity index (χ2n) is 7.91. The highest BCUT2D eigenvalue weighted by atomic mass is 35.5. The average Bonchev–Trinajstić information content (AvgIpc) is 3.28. The molecular formula is C23H25ClN8O. The number of imidazole rings is 1. The summed E-state index contributed by atoms with van der Waals surface area (Å²) in [5, 5.41) is 3.54. The number of aromatic nitrogens is 5. The van der Waals surface area contributed by atoms with Gasteiger partial charge in [0.05, 0.1) is 17.8 Å². The quantitative estimate of drug-likeness (QED) is 0.480. The van der Waals surface area contributed by atoms with E-state index in [2.05, 4.69) is 48.4 Å². The van der Waals surface area contributed by atoms with Crippen molar-refractivity contribution in [2.24, 2.45) is 0 Å². The maximum absolute atomic E-state index is 6.36. The number of piperazine rings is 1. The van der Waals surface area contributed by atoms with E-state index >= 15 is 0 Å². The molecule has 0 spiro atoms. The highest BCUT2D eigenvalue weighted by molar-refractivity contribution is 6.32. The highest BCUT2D eigenvalue weighted by Crippen LogP contribution is 2.33. The molecule has 1 aromatic carbocycles. The minimum atomic E-state index is 0.578. The molecule has 0 aliphatic carbocycles. The van der Waals surface area contributed by atoms with Crippen LogP contribution in [0.2, 0.25) is 5.02 Å². The lowest BCUT2D eigenvalue weighted by Crippen LogP contribution is -2.47. The average molecular weight is 465 g/mol. The molecule has 1 aliphatic rings. The summed E-state index contributed by atoms with van der Waals surface area (Å²) in [6, 6.07) is 8.11. The predicted molar refractivity (Wildman–Crippen MR) is 131 cm³/mol. The van der Waals surface area contributed by atoms with Gasteiger partial charge >= 0.3 is 0 Å². The predicted octanol–water partition coefficient (Wildman–Crippen LogP) is 3.53. The molecule has 0 unspecified atom stereocenters. The molecule has 0 bridgehead atoms. The van der Waals surface area contributed by atoms with Gasteiger partial charge in [0.1, 0.15) is 17.7 Å². The van der Waals surface area contributed by atoms with Crippen molar-refractivity contribution in [3.63, 3.8) is 0 Å². The van der Waals surface area contributed by atoms with Crippen LogP contribution >= 0.6 is 11.6 Å². The smallest absolute Gasteiger partial charge is 0.230 e. The van der Waals surface area contributed by atoms with E-state index in [0.29, 0.717) is 22.7 Å². The Kier molecular flexibility index (Phi) is 5.63. The fraction of sp³-hybridized carbons (Fsp3) is 0.304. The monoisotopic (exact) mass is 464 g/mol. The lowest BCUT2D eigenvalue weighted by molar-refractivity contribution is 0.415. The third-order valence-electron chi connectivity index (χ3n) is 5.93. The largest absolute Gasteiger partial charge is 0.495 e. The van der Waals surface area contributed by atoms with Gasteiger partial charge in [-0.3, -0.25) is 0 Å². The van der Waals surface area contributed by atoms with Crippen molar-refractivity contribution in [1.29, 1.82) is 0 Å². The Bertz CT molecular complexity index is 1300. The third kappa shape index (κ3) is 4.11. The van der Waals surface area contributed by atoms with Crippen molar-refractivity contribution in [2.75, 3.05) is 55.5 Å². The number of rotatable bonds is 5. The first kappa shape index (κ1) is 21.3. The number of methoxy groups -OCH3 is 1. The Hall–Kier alpha value is -3.59. The van der Waals surface area contributed by atoms with E-state index in [0.717, 1.165) is 54.3 Å². The van der Waals surface area contributed by atoms with Crippen molar-refractivity contribution in [2.45, 2.75) is 6.92 Å². The molecule has 0 amide bonds. The number of fused-ring (bicyclic) bond motifs is 1. The van der Waals surface area contributed by atoms with E-state index in [4.69, 9.17) is 21.3 Å². The van der Waals surface area contributed by atoms with Crippen LogP contribution in [0.15, 0.2) is 43.0 Å². The van der Waals surface area contributed by atoms with E-state index in [1.54, 1.807) is 20.5 Å². The minimum absolute atomic E-state index is 0.578. The van der Waals surface area contributed by atoms with Gasteiger partial charge in [-0.2, -0.15) is 4.98 Å². The van der Waals surface area contributed by atoms with Crippen LogP contribution in [0.5, 0.6) is 5.75 Å². The molecule has 3 aromatic heterocycles. The fourth-order valence-corrected chi connectivity index (χ4v) is 4.35. The van der Waals surface area contributed by atoms with Crippen LogP contribution in [-0.2, 0) is 0 Å². The molecule has 4 aromatic rings. The van der Waals surface area contributed by atoms with Gasteiger partial charge < -0.3 is 24.3 Å². The molecule has 1 aliphatic heterocycles. The zero-order chi connectivity index (χ0) is 22.9. The maximum Gasteiger partial charge on any atom is 0.230 e. The van der Waals surface area contributed by atoms with Gasteiger partial charge in [-0.15, -0.1) is 0 Å². The Morgan fingerprint density at radius 1 is 1.03 bits per heavy atom. The van der Waals surface area contributed by atoms with E-state index < -0.39 is 0 Å². The van der Waals surface area contributed by atoms with Crippen molar-refractivity contribution in [3.8, 4) is 17.0 Å². The number of anilines is 3. The molecule has 1 N–H and O–H groups in total. The lowest BCUT2D eigenvalue weighted by Gasteiger charge is -2.36. The van der Waals surface area contributed by atoms with Crippen molar-refractivity contribution < 1.29 is 4.74 Å². The molecule has 1 fully saturated rings. The van der Waals surface area contributed by atoms with Crippen LogP contribution in [0, 0.1) is 6.92 Å². The van der Waals surface area contributed by atoms with Crippen LogP contribution in [0.4, 0.5) is 17.6 Å². The topological polar surface area (TPSA) is 83.7 Å². The van der Waals surface area contributed by atoms with Crippen LogP contribution in [0.25, 0.3) is 16.9 Å². The zero-order valence-electron chi connectivity index (χ0n) is 18.8. The molecule has 5 rings (SSSR count). The summed E-state index contributed by atoms with van der Waals surface area (Å²) in [5.74, 6) is 1.95. The molecule has 9 nitrogen and oxygen atoms in total. The number of ether oxygens (including phenoxy) is 1. The Balaban J connectivity index is 1.35. The van der Waals surface area contributed by atoms with Crippen LogP contribution in [0.1, 0.15) is 5.56 Å². The third-order valence-corrected chi connectivity index (χ3v) is 6.22.